The van der Waals surface area contributed by atoms with Crippen LogP contribution in [0.2, 0.25) is 0 Å². The van der Waals surface area contributed by atoms with Crippen molar-refractivity contribution in [3.05, 3.63) is 48.4 Å². The molecule has 2 amide bonds. The molecule has 2 aromatic heterocycles. The molecule has 3 aromatic rings. The Balaban J connectivity index is 1.38. The Morgan fingerprint density at radius 3 is 2.97 bits per heavy atom. The maximum atomic E-state index is 12.9. The minimum absolute atomic E-state index is 0.0437. The van der Waals surface area contributed by atoms with Gasteiger partial charge in [-0.15, -0.1) is 0 Å². The molecule has 1 aromatic carbocycles. The third kappa shape index (κ3) is 3.17. The number of ether oxygens (including phenoxy) is 2. The summed E-state index contributed by atoms with van der Waals surface area (Å²) in [6, 6.07) is 8.13. The molecule has 1 N–H and O–H groups in total. The third-order valence-corrected chi connectivity index (χ3v) is 5.46. The molecule has 2 aliphatic rings. The second-order valence-corrected chi connectivity index (χ2v) is 7.39. The predicted octanol–water partition coefficient (Wildman–Crippen LogP) is 1.89. The quantitative estimate of drug-likeness (QED) is 0.712. The summed E-state index contributed by atoms with van der Waals surface area (Å²) in [7, 11) is 1.67. The van der Waals surface area contributed by atoms with E-state index in [9.17, 15) is 9.59 Å². The molecule has 0 aliphatic carbocycles. The van der Waals surface area contributed by atoms with Crippen molar-refractivity contribution in [1.82, 2.24) is 20.1 Å². The summed E-state index contributed by atoms with van der Waals surface area (Å²) in [6.45, 7) is 0.742. The molecule has 2 aliphatic heterocycles. The lowest BCUT2D eigenvalue weighted by molar-refractivity contribution is -0.120. The molecule has 2 atom stereocenters. The fourth-order valence-electron chi connectivity index (χ4n) is 3.84. The normalized spacial score (nSPS) is 21.2. The Bertz CT molecular complexity index is 1120. The number of amides is 2. The molecule has 0 radical (unpaired) electrons. The highest BCUT2D eigenvalue weighted by Gasteiger charge is 2.31. The zero-order valence-electron chi connectivity index (χ0n) is 16.4. The highest BCUT2D eigenvalue weighted by Crippen LogP contribution is 2.30. The largest absolute Gasteiger partial charge is 0.489 e. The second-order valence-electron chi connectivity index (χ2n) is 7.39. The van der Waals surface area contributed by atoms with Crippen LogP contribution in [0.1, 0.15) is 29.6 Å². The van der Waals surface area contributed by atoms with Gasteiger partial charge in [-0.1, -0.05) is 12.1 Å². The summed E-state index contributed by atoms with van der Waals surface area (Å²) in [5.74, 6) is -0.0952. The van der Waals surface area contributed by atoms with Crippen molar-refractivity contribution in [2.45, 2.75) is 25.1 Å². The van der Waals surface area contributed by atoms with Crippen molar-refractivity contribution in [1.29, 1.82) is 0 Å². The number of carbonyl (C=O) groups is 2. The van der Waals surface area contributed by atoms with Gasteiger partial charge in [-0.3, -0.25) is 14.6 Å². The molecule has 1 unspecified atom stereocenters. The van der Waals surface area contributed by atoms with Gasteiger partial charge in [0, 0.05) is 25.2 Å². The monoisotopic (exact) mass is 407 g/mol. The Morgan fingerprint density at radius 2 is 2.13 bits per heavy atom. The van der Waals surface area contributed by atoms with Gasteiger partial charge in [0.2, 0.25) is 0 Å². The van der Waals surface area contributed by atoms with Gasteiger partial charge in [0.25, 0.3) is 11.8 Å². The van der Waals surface area contributed by atoms with Gasteiger partial charge < -0.3 is 19.7 Å². The number of rotatable bonds is 3. The molecule has 9 nitrogen and oxygen atoms in total. The number of hydrogen-bond acceptors (Lipinski definition) is 6. The average Bonchev–Trinajstić information content (AvgIpc) is 3.42. The van der Waals surface area contributed by atoms with E-state index < -0.39 is 11.9 Å². The Morgan fingerprint density at radius 1 is 1.27 bits per heavy atom. The van der Waals surface area contributed by atoms with Crippen molar-refractivity contribution in [3.63, 3.8) is 0 Å². The number of carbonyl (C=O) groups excluding carboxylic acids is 2. The van der Waals surface area contributed by atoms with Crippen LogP contribution < -0.4 is 15.0 Å². The first-order valence-electron chi connectivity index (χ1n) is 9.87. The third-order valence-electron chi connectivity index (χ3n) is 5.46. The Hall–Kier alpha value is -3.46. The molecular weight excluding hydrogens is 386 g/mol. The van der Waals surface area contributed by atoms with Crippen LogP contribution in [0.5, 0.6) is 5.75 Å². The first kappa shape index (κ1) is 18.6. The average molecular weight is 407 g/mol. The lowest BCUT2D eigenvalue weighted by Crippen LogP contribution is -2.49. The molecule has 0 bridgehead atoms. The molecule has 154 valence electrons. The molecule has 4 heterocycles. The summed E-state index contributed by atoms with van der Waals surface area (Å²) in [5.41, 5.74) is 1.65. The van der Waals surface area contributed by atoms with Crippen molar-refractivity contribution in [2.24, 2.45) is 0 Å². The fraction of sp³-hybridized carbons (Fsp3) is 0.333. The predicted molar refractivity (Wildman–Crippen MR) is 108 cm³/mol. The van der Waals surface area contributed by atoms with Crippen molar-refractivity contribution < 1.29 is 19.1 Å². The summed E-state index contributed by atoms with van der Waals surface area (Å²) in [4.78, 5) is 31.5. The van der Waals surface area contributed by atoms with Gasteiger partial charge in [-0.05, 0) is 31.0 Å². The molecule has 0 saturated carbocycles. The second kappa shape index (κ2) is 7.42. The van der Waals surface area contributed by atoms with Gasteiger partial charge in [-0.2, -0.15) is 5.10 Å². The van der Waals surface area contributed by atoms with Gasteiger partial charge in [0.05, 0.1) is 17.4 Å². The number of aromatic nitrogens is 3. The van der Waals surface area contributed by atoms with Crippen molar-refractivity contribution >= 4 is 28.4 Å². The SMILES string of the molecule is CN1C(=O)C(NC(=O)c2cc3c(cn2)cnn3[C@@H]2CCCO2)COc2ccccc21. The van der Waals surface area contributed by atoms with E-state index >= 15 is 0 Å². The van der Waals surface area contributed by atoms with Crippen LogP contribution in [0.4, 0.5) is 5.69 Å². The summed E-state index contributed by atoms with van der Waals surface area (Å²) in [6.07, 6.45) is 5.03. The maximum absolute atomic E-state index is 12.9. The molecular formula is C21H21N5O4. The Kier molecular flexibility index (Phi) is 4.59. The number of likely N-dealkylation sites (N-methyl/N-ethyl adjacent to an activating group) is 1. The van der Waals surface area contributed by atoms with E-state index in [-0.39, 0.29) is 24.4 Å². The topological polar surface area (TPSA) is 98.6 Å². The smallest absolute Gasteiger partial charge is 0.270 e. The highest BCUT2D eigenvalue weighted by atomic mass is 16.5. The van der Waals surface area contributed by atoms with E-state index in [1.165, 1.54) is 4.90 Å². The molecule has 5 rings (SSSR count). The van der Waals surface area contributed by atoms with E-state index in [1.54, 1.807) is 42.3 Å². The van der Waals surface area contributed by atoms with Gasteiger partial charge in [0.1, 0.15) is 24.1 Å². The molecule has 9 heteroatoms. The van der Waals surface area contributed by atoms with Crippen molar-refractivity contribution in [2.75, 3.05) is 25.2 Å². The van der Waals surface area contributed by atoms with Crippen LogP contribution in [0.15, 0.2) is 42.7 Å². The number of anilines is 1. The summed E-state index contributed by atoms with van der Waals surface area (Å²) >= 11 is 0. The van der Waals surface area contributed by atoms with E-state index in [2.05, 4.69) is 15.4 Å². The first-order chi connectivity index (χ1) is 14.6. The van der Waals surface area contributed by atoms with Crippen LogP contribution in [-0.4, -0.2) is 52.9 Å². The molecule has 30 heavy (non-hydrogen) atoms. The van der Waals surface area contributed by atoms with Crippen LogP contribution in [0.3, 0.4) is 0 Å². The van der Waals surface area contributed by atoms with Gasteiger partial charge in [0.15, 0.2) is 6.23 Å². The number of nitrogens with one attached hydrogen (secondary N) is 1. The van der Waals surface area contributed by atoms with Gasteiger partial charge in [-0.25, -0.2) is 4.68 Å². The minimum Gasteiger partial charge on any atom is -0.489 e. The number of nitrogens with zero attached hydrogens (tertiary/aromatic N) is 4. The number of hydrogen-bond donors (Lipinski definition) is 1. The zero-order valence-corrected chi connectivity index (χ0v) is 16.4. The van der Waals surface area contributed by atoms with E-state index in [0.29, 0.717) is 18.0 Å². The van der Waals surface area contributed by atoms with Crippen LogP contribution in [0, 0.1) is 0 Å². The zero-order chi connectivity index (χ0) is 20.7. The molecule has 1 fully saturated rings. The van der Waals surface area contributed by atoms with Crippen molar-refractivity contribution in [3.8, 4) is 5.75 Å². The maximum Gasteiger partial charge on any atom is 0.270 e. The minimum atomic E-state index is -0.824. The lowest BCUT2D eigenvalue weighted by atomic mass is 10.2. The fourth-order valence-corrected chi connectivity index (χ4v) is 3.84. The van der Waals surface area contributed by atoms with Crippen LogP contribution in [-0.2, 0) is 9.53 Å². The molecule has 1 saturated heterocycles. The van der Waals surface area contributed by atoms with Gasteiger partial charge >= 0.3 is 0 Å². The van der Waals surface area contributed by atoms with E-state index in [4.69, 9.17) is 9.47 Å². The summed E-state index contributed by atoms with van der Waals surface area (Å²) in [5, 5.41) is 7.97. The van der Waals surface area contributed by atoms with Crippen LogP contribution >= 0.6 is 0 Å². The van der Waals surface area contributed by atoms with E-state index in [1.807, 2.05) is 12.1 Å². The first-order valence-corrected chi connectivity index (χ1v) is 9.87. The number of para-hydroxylation sites is 2. The number of pyridine rings is 1. The lowest BCUT2D eigenvalue weighted by Gasteiger charge is -2.20. The van der Waals surface area contributed by atoms with Crippen LogP contribution in [0.25, 0.3) is 10.9 Å². The number of fused-ring (bicyclic) bond motifs is 2. The number of benzene rings is 1. The highest BCUT2D eigenvalue weighted by molar-refractivity contribution is 6.03. The van der Waals surface area contributed by atoms with E-state index in [0.717, 1.165) is 23.7 Å². The standard InChI is InChI=1S/C21H21N5O4/c1-25-16-5-2-3-6-18(16)30-12-15(21(25)28)24-20(27)14-9-17-13(10-22-14)11-23-26(17)19-7-4-8-29-19/h2-3,5-6,9-11,15,19H,4,7-8,12H2,1H3,(H,24,27)/t15?,19-/m0/s1. The summed E-state index contributed by atoms with van der Waals surface area (Å²) < 4.78 is 13.2. The Labute approximate surface area is 172 Å². The molecule has 0 spiro atoms.